The highest BCUT2D eigenvalue weighted by Gasteiger charge is 2.25. The molecule has 1 heterocycles. The normalized spacial score (nSPS) is 11.5. The van der Waals surface area contributed by atoms with E-state index in [4.69, 9.17) is 23.2 Å². The number of halogens is 2. The maximum Gasteiger partial charge on any atom is 0.329 e. The Hall–Kier alpha value is -3.43. The van der Waals surface area contributed by atoms with E-state index in [0.29, 0.717) is 21.3 Å². The molecule has 1 aromatic heterocycles. The Labute approximate surface area is 180 Å². The van der Waals surface area contributed by atoms with Crippen LogP contribution in [0.2, 0.25) is 10.0 Å². The molecule has 0 fully saturated rings. The van der Waals surface area contributed by atoms with E-state index in [9.17, 15) is 20.0 Å². The monoisotopic (exact) mass is 447 g/mol. The third-order valence-electron chi connectivity index (χ3n) is 4.03. The minimum absolute atomic E-state index is 0.0565. The predicted octanol–water partition coefficient (Wildman–Crippen LogP) is 4.54. The van der Waals surface area contributed by atoms with Crippen LogP contribution in [0.25, 0.3) is 0 Å². The molecule has 3 aromatic rings. The number of hydrogen-bond acceptors (Lipinski definition) is 7. The standard InChI is InChI=1S/C19H15Cl2N5O4/c20-12-3-1-11(2-4-12)9-15(18(27)28)24-17-16(26(29)30)10-22-19(25-17)23-14-7-5-13(21)6-8-14/h1-8,10,15H,9H2,(H,27,28)(H2,22,23,24,25). The number of aliphatic carboxylic acids is 1. The molecular weight excluding hydrogens is 433 g/mol. The Morgan fingerprint density at radius 1 is 1.10 bits per heavy atom. The van der Waals surface area contributed by atoms with E-state index in [0.717, 1.165) is 6.20 Å². The summed E-state index contributed by atoms with van der Waals surface area (Å²) in [7, 11) is 0. The lowest BCUT2D eigenvalue weighted by atomic mass is 10.1. The largest absolute Gasteiger partial charge is 0.480 e. The molecule has 2 aromatic carbocycles. The molecular formula is C19H15Cl2N5O4. The molecule has 11 heteroatoms. The lowest BCUT2D eigenvalue weighted by Crippen LogP contribution is -2.32. The van der Waals surface area contributed by atoms with E-state index >= 15 is 0 Å². The summed E-state index contributed by atoms with van der Waals surface area (Å²) >= 11 is 11.7. The molecule has 0 aliphatic rings. The van der Waals surface area contributed by atoms with Gasteiger partial charge in [0.15, 0.2) is 0 Å². The summed E-state index contributed by atoms with van der Waals surface area (Å²) in [4.78, 5) is 30.4. The first-order valence-electron chi connectivity index (χ1n) is 8.59. The maximum atomic E-state index is 11.7. The molecule has 0 saturated carbocycles. The number of carbonyl (C=O) groups is 1. The first-order chi connectivity index (χ1) is 14.3. The lowest BCUT2D eigenvalue weighted by Gasteiger charge is -2.16. The fraction of sp³-hybridized carbons (Fsp3) is 0.105. The first kappa shape index (κ1) is 21.3. The highest BCUT2D eigenvalue weighted by molar-refractivity contribution is 6.30. The lowest BCUT2D eigenvalue weighted by molar-refractivity contribution is -0.384. The number of nitrogens with zero attached hydrogens (tertiary/aromatic N) is 3. The molecule has 0 bridgehead atoms. The van der Waals surface area contributed by atoms with Crippen molar-refractivity contribution in [2.45, 2.75) is 12.5 Å². The number of hydrogen-bond donors (Lipinski definition) is 3. The maximum absolute atomic E-state index is 11.7. The number of rotatable bonds is 8. The quantitative estimate of drug-likeness (QED) is 0.338. The molecule has 0 amide bonds. The van der Waals surface area contributed by atoms with Crippen molar-refractivity contribution >= 4 is 52.3 Å². The molecule has 154 valence electrons. The van der Waals surface area contributed by atoms with Crippen LogP contribution in [-0.2, 0) is 11.2 Å². The molecule has 3 N–H and O–H groups in total. The first-order valence-corrected chi connectivity index (χ1v) is 9.35. The summed E-state index contributed by atoms with van der Waals surface area (Å²) in [5, 5.41) is 27.5. The third kappa shape index (κ3) is 5.56. The molecule has 1 unspecified atom stereocenters. The zero-order chi connectivity index (χ0) is 21.7. The van der Waals surface area contributed by atoms with Crippen molar-refractivity contribution in [3.8, 4) is 0 Å². The van der Waals surface area contributed by atoms with Gasteiger partial charge in [-0.3, -0.25) is 10.1 Å². The van der Waals surface area contributed by atoms with E-state index in [2.05, 4.69) is 20.6 Å². The molecule has 0 spiro atoms. The van der Waals surface area contributed by atoms with Gasteiger partial charge < -0.3 is 15.7 Å². The minimum atomic E-state index is -1.19. The Morgan fingerprint density at radius 2 is 1.70 bits per heavy atom. The van der Waals surface area contributed by atoms with Crippen molar-refractivity contribution in [2.24, 2.45) is 0 Å². The number of carboxylic acid groups (broad SMARTS) is 1. The van der Waals surface area contributed by atoms with Gasteiger partial charge in [-0.25, -0.2) is 9.78 Å². The molecule has 0 aliphatic heterocycles. The molecule has 9 nitrogen and oxygen atoms in total. The van der Waals surface area contributed by atoms with E-state index in [1.807, 2.05) is 0 Å². The highest BCUT2D eigenvalue weighted by Crippen LogP contribution is 2.25. The summed E-state index contributed by atoms with van der Waals surface area (Å²) < 4.78 is 0. The van der Waals surface area contributed by atoms with Crippen molar-refractivity contribution in [1.82, 2.24) is 9.97 Å². The van der Waals surface area contributed by atoms with Gasteiger partial charge in [0, 0.05) is 22.2 Å². The van der Waals surface area contributed by atoms with Crippen LogP contribution in [0.4, 0.5) is 23.1 Å². The summed E-state index contributed by atoms with van der Waals surface area (Å²) in [6.45, 7) is 0. The fourth-order valence-corrected chi connectivity index (χ4v) is 2.81. The average molecular weight is 448 g/mol. The number of anilines is 3. The van der Waals surface area contributed by atoms with Gasteiger partial charge in [-0.15, -0.1) is 0 Å². The Morgan fingerprint density at radius 3 is 2.27 bits per heavy atom. The molecule has 0 aliphatic carbocycles. The van der Waals surface area contributed by atoms with Crippen LogP contribution < -0.4 is 10.6 Å². The summed E-state index contributed by atoms with van der Waals surface area (Å²) in [5.41, 5.74) is 0.852. The second kappa shape index (κ2) is 9.38. The van der Waals surface area contributed by atoms with Crippen LogP contribution in [0.1, 0.15) is 5.56 Å². The van der Waals surface area contributed by atoms with Gasteiger partial charge in [0.2, 0.25) is 11.8 Å². The van der Waals surface area contributed by atoms with Crippen LogP contribution in [0, 0.1) is 10.1 Å². The second-order valence-electron chi connectivity index (χ2n) is 6.18. The van der Waals surface area contributed by atoms with Gasteiger partial charge in [-0.2, -0.15) is 4.98 Å². The molecule has 1 atom stereocenters. The number of carboxylic acids is 1. The van der Waals surface area contributed by atoms with Crippen LogP contribution in [-0.4, -0.2) is 32.0 Å². The Balaban J connectivity index is 1.86. The summed E-state index contributed by atoms with van der Waals surface area (Å²) in [6, 6.07) is 12.1. The van der Waals surface area contributed by atoms with E-state index in [1.165, 1.54) is 0 Å². The van der Waals surface area contributed by atoms with Crippen molar-refractivity contribution in [3.63, 3.8) is 0 Å². The van der Waals surface area contributed by atoms with E-state index in [1.54, 1.807) is 48.5 Å². The van der Waals surface area contributed by atoms with Crippen LogP contribution in [0.5, 0.6) is 0 Å². The summed E-state index contributed by atoms with van der Waals surface area (Å²) in [6.07, 6.45) is 1.07. The molecule has 30 heavy (non-hydrogen) atoms. The van der Waals surface area contributed by atoms with Crippen molar-refractivity contribution in [1.29, 1.82) is 0 Å². The van der Waals surface area contributed by atoms with Gasteiger partial charge in [0.1, 0.15) is 12.2 Å². The van der Waals surface area contributed by atoms with Gasteiger partial charge in [0.25, 0.3) is 0 Å². The SMILES string of the molecule is O=C(O)C(Cc1ccc(Cl)cc1)Nc1nc(Nc2ccc(Cl)cc2)ncc1[N+](=O)[O-]. The van der Waals surface area contributed by atoms with Gasteiger partial charge in [-0.05, 0) is 42.0 Å². The van der Waals surface area contributed by atoms with Gasteiger partial charge in [-0.1, -0.05) is 35.3 Å². The topological polar surface area (TPSA) is 130 Å². The molecule has 0 saturated heterocycles. The van der Waals surface area contributed by atoms with E-state index < -0.39 is 22.6 Å². The van der Waals surface area contributed by atoms with Crippen molar-refractivity contribution in [3.05, 3.63) is 80.5 Å². The highest BCUT2D eigenvalue weighted by atomic mass is 35.5. The van der Waals surface area contributed by atoms with Gasteiger partial charge >= 0.3 is 11.7 Å². The van der Waals surface area contributed by atoms with Crippen molar-refractivity contribution in [2.75, 3.05) is 10.6 Å². The predicted molar refractivity (Wildman–Crippen MR) is 114 cm³/mol. The second-order valence-corrected chi connectivity index (χ2v) is 7.06. The Bertz CT molecular complexity index is 1060. The fourth-order valence-electron chi connectivity index (χ4n) is 2.56. The van der Waals surface area contributed by atoms with Crippen LogP contribution in [0.15, 0.2) is 54.7 Å². The number of nitro groups is 1. The van der Waals surface area contributed by atoms with E-state index in [-0.39, 0.29) is 18.2 Å². The smallest absolute Gasteiger partial charge is 0.329 e. The average Bonchev–Trinajstić information content (AvgIpc) is 2.70. The van der Waals surface area contributed by atoms with Crippen LogP contribution in [0.3, 0.4) is 0 Å². The zero-order valence-corrected chi connectivity index (χ0v) is 16.8. The van der Waals surface area contributed by atoms with Crippen LogP contribution >= 0.6 is 23.2 Å². The minimum Gasteiger partial charge on any atom is -0.480 e. The molecule has 0 radical (unpaired) electrons. The Kier molecular flexibility index (Phi) is 6.65. The van der Waals surface area contributed by atoms with Crippen molar-refractivity contribution < 1.29 is 14.8 Å². The number of nitrogens with one attached hydrogen (secondary N) is 2. The molecule has 3 rings (SSSR count). The number of benzene rings is 2. The number of aromatic nitrogens is 2. The summed E-state index contributed by atoms with van der Waals surface area (Å²) in [5.74, 6) is -1.35. The third-order valence-corrected chi connectivity index (χ3v) is 4.53. The zero-order valence-electron chi connectivity index (χ0n) is 15.3. The van der Waals surface area contributed by atoms with Gasteiger partial charge in [0.05, 0.1) is 4.92 Å².